The monoisotopic (exact) mass is 303 g/mol. The average Bonchev–Trinajstić information content (AvgIpc) is 2.60. The average molecular weight is 303 g/mol. The summed E-state index contributed by atoms with van der Waals surface area (Å²) in [5, 5.41) is 5.42. The molecule has 0 aromatic heterocycles. The van der Waals surface area contributed by atoms with Gasteiger partial charge in [-0.1, -0.05) is 79.7 Å². The third-order valence-corrected chi connectivity index (χ3v) is 4.15. The predicted octanol–water partition coefficient (Wildman–Crippen LogP) is 4.30. The van der Waals surface area contributed by atoms with E-state index in [1.807, 2.05) is 36.4 Å². The molecule has 3 aromatic carbocycles. The molecule has 3 rings (SSSR count). The van der Waals surface area contributed by atoms with Crippen LogP contribution >= 0.6 is 0 Å². The number of carbonyl (C=O) groups is 1. The minimum atomic E-state index is 0.0723. The highest BCUT2D eigenvalue weighted by Gasteiger charge is 2.08. The fraction of sp³-hybridized carbons (Fsp3) is 0.190. The molecule has 116 valence electrons. The highest BCUT2D eigenvalue weighted by Crippen LogP contribution is 2.16. The first kappa shape index (κ1) is 15.3. The normalized spacial score (nSPS) is 12.0. The fourth-order valence-electron chi connectivity index (χ4n) is 2.76. The van der Waals surface area contributed by atoms with Crippen LogP contribution in [0.4, 0.5) is 0 Å². The Balaban J connectivity index is 1.58. The van der Waals surface area contributed by atoms with Crippen LogP contribution in [0.3, 0.4) is 0 Å². The highest BCUT2D eigenvalue weighted by atomic mass is 16.1. The Morgan fingerprint density at radius 2 is 1.61 bits per heavy atom. The molecule has 1 atom stereocenters. The number of rotatable bonds is 5. The maximum Gasteiger partial charge on any atom is 0.224 e. The van der Waals surface area contributed by atoms with Gasteiger partial charge in [-0.2, -0.15) is 0 Å². The van der Waals surface area contributed by atoms with E-state index in [0.717, 1.165) is 5.56 Å². The van der Waals surface area contributed by atoms with Crippen molar-refractivity contribution >= 4 is 16.7 Å². The summed E-state index contributed by atoms with van der Waals surface area (Å²) >= 11 is 0. The van der Waals surface area contributed by atoms with Gasteiger partial charge in [0.05, 0.1) is 6.42 Å². The summed E-state index contributed by atoms with van der Waals surface area (Å²) in [5.41, 5.74) is 2.30. The Bertz CT molecular complexity index is 795. The zero-order valence-electron chi connectivity index (χ0n) is 13.3. The summed E-state index contributed by atoms with van der Waals surface area (Å²) < 4.78 is 0. The molecule has 0 radical (unpaired) electrons. The Morgan fingerprint density at radius 1 is 0.913 bits per heavy atom. The third kappa shape index (κ3) is 3.98. The van der Waals surface area contributed by atoms with Crippen LogP contribution in [0.1, 0.15) is 24.0 Å². The van der Waals surface area contributed by atoms with Crippen LogP contribution < -0.4 is 5.32 Å². The summed E-state index contributed by atoms with van der Waals surface area (Å²) in [4.78, 5) is 12.2. The number of fused-ring (bicyclic) bond motifs is 1. The van der Waals surface area contributed by atoms with E-state index in [4.69, 9.17) is 0 Å². The molecule has 0 aliphatic heterocycles. The Morgan fingerprint density at radius 3 is 2.39 bits per heavy atom. The molecular formula is C21H21NO. The van der Waals surface area contributed by atoms with Crippen LogP contribution in [0.2, 0.25) is 0 Å². The molecule has 0 aliphatic rings. The van der Waals surface area contributed by atoms with Crippen LogP contribution in [0.15, 0.2) is 72.8 Å². The number of nitrogens with one attached hydrogen (secondary N) is 1. The summed E-state index contributed by atoms with van der Waals surface area (Å²) in [6, 6.07) is 24.7. The molecule has 0 heterocycles. The number of amides is 1. The molecule has 0 spiro atoms. The second-order valence-electron chi connectivity index (χ2n) is 5.97. The molecule has 1 N–H and O–H groups in total. The molecule has 2 heteroatoms. The van der Waals surface area contributed by atoms with E-state index in [0.29, 0.717) is 18.9 Å². The van der Waals surface area contributed by atoms with Gasteiger partial charge in [-0.15, -0.1) is 0 Å². The van der Waals surface area contributed by atoms with E-state index in [2.05, 4.69) is 48.6 Å². The molecule has 1 amide bonds. The summed E-state index contributed by atoms with van der Waals surface area (Å²) in [5.74, 6) is 0.389. The van der Waals surface area contributed by atoms with Gasteiger partial charge in [0.15, 0.2) is 0 Å². The van der Waals surface area contributed by atoms with Gasteiger partial charge in [0.2, 0.25) is 5.91 Å². The van der Waals surface area contributed by atoms with Gasteiger partial charge in [-0.3, -0.25) is 4.79 Å². The van der Waals surface area contributed by atoms with E-state index >= 15 is 0 Å². The molecule has 23 heavy (non-hydrogen) atoms. The topological polar surface area (TPSA) is 29.1 Å². The zero-order chi connectivity index (χ0) is 16.1. The number of hydrogen-bond donors (Lipinski definition) is 1. The van der Waals surface area contributed by atoms with Gasteiger partial charge in [0.25, 0.3) is 0 Å². The molecule has 0 fully saturated rings. The second-order valence-corrected chi connectivity index (χ2v) is 5.97. The minimum Gasteiger partial charge on any atom is -0.355 e. The largest absolute Gasteiger partial charge is 0.355 e. The molecule has 0 aliphatic carbocycles. The van der Waals surface area contributed by atoms with Crippen molar-refractivity contribution in [3.8, 4) is 0 Å². The van der Waals surface area contributed by atoms with Gasteiger partial charge < -0.3 is 5.32 Å². The van der Waals surface area contributed by atoms with Gasteiger partial charge >= 0.3 is 0 Å². The maximum absolute atomic E-state index is 12.2. The van der Waals surface area contributed by atoms with Gasteiger partial charge in [0.1, 0.15) is 0 Å². The maximum atomic E-state index is 12.2. The SMILES string of the molecule is CC(CNC(=O)Cc1ccc2ccccc2c1)c1ccccc1. The molecule has 0 saturated heterocycles. The molecule has 3 aromatic rings. The Hall–Kier alpha value is -2.61. The standard InChI is InChI=1S/C21H21NO/c1-16(18-7-3-2-4-8-18)15-22-21(23)14-17-11-12-19-9-5-6-10-20(19)13-17/h2-13,16H,14-15H2,1H3,(H,22,23). The number of carbonyl (C=O) groups excluding carboxylic acids is 1. The first-order chi connectivity index (χ1) is 11.2. The summed E-state index contributed by atoms with van der Waals surface area (Å²) in [6.45, 7) is 2.79. The van der Waals surface area contributed by atoms with Crippen LogP contribution in [-0.4, -0.2) is 12.5 Å². The highest BCUT2D eigenvalue weighted by molar-refractivity contribution is 5.85. The van der Waals surface area contributed by atoms with Crippen LogP contribution in [0.25, 0.3) is 10.8 Å². The van der Waals surface area contributed by atoms with Crippen molar-refractivity contribution in [2.75, 3.05) is 6.54 Å². The fourth-order valence-corrected chi connectivity index (χ4v) is 2.76. The van der Waals surface area contributed by atoms with Crippen LogP contribution in [0.5, 0.6) is 0 Å². The van der Waals surface area contributed by atoms with E-state index in [9.17, 15) is 4.79 Å². The quantitative estimate of drug-likeness (QED) is 0.748. The van der Waals surface area contributed by atoms with Crippen molar-refractivity contribution in [3.05, 3.63) is 83.9 Å². The Kier molecular flexibility index (Phi) is 4.72. The molecule has 1 unspecified atom stereocenters. The van der Waals surface area contributed by atoms with E-state index in [-0.39, 0.29) is 5.91 Å². The van der Waals surface area contributed by atoms with E-state index in [1.54, 1.807) is 0 Å². The predicted molar refractivity (Wildman–Crippen MR) is 95.5 cm³/mol. The zero-order valence-corrected chi connectivity index (χ0v) is 13.3. The van der Waals surface area contributed by atoms with Gasteiger partial charge in [-0.05, 0) is 27.8 Å². The molecular weight excluding hydrogens is 282 g/mol. The van der Waals surface area contributed by atoms with Crippen molar-refractivity contribution in [1.29, 1.82) is 0 Å². The minimum absolute atomic E-state index is 0.0723. The van der Waals surface area contributed by atoms with Crippen LogP contribution in [0, 0.1) is 0 Å². The van der Waals surface area contributed by atoms with Crippen molar-refractivity contribution in [2.45, 2.75) is 19.3 Å². The lowest BCUT2D eigenvalue weighted by atomic mass is 10.0. The lowest BCUT2D eigenvalue weighted by molar-refractivity contribution is -0.120. The summed E-state index contributed by atoms with van der Waals surface area (Å²) in [6.07, 6.45) is 0.423. The molecule has 0 saturated carbocycles. The molecule has 2 nitrogen and oxygen atoms in total. The third-order valence-electron chi connectivity index (χ3n) is 4.15. The van der Waals surface area contributed by atoms with E-state index in [1.165, 1.54) is 16.3 Å². The Labute approximate surface area is 137 Å². The number of hydrogen-bond acceptors (Lipinski definition) is 1. The number of benzene rings is 3. The second kappa shape index (κ2) is 7.10. The van der Waals surface area contributed by atoms with Crippen molar-refractivity contribution in [1.82, 2.24) is 5.32 Å². The van der Waals surface area contributed by atoms with E-state index < -0.39 is 0 Å². The first-order valence-electron chi connectivity index (χ1n) is 8.02. The van der Waals surface area contributed by atoms with Crippen molar-refractivity contribution < 1.29 is 4.79 Å². The smallest absolute Gasteiger partial charge is 0.224 e. The van der Waals surface area contributed by atoms with Crippen molar-refractivity contribution in [3.63, 3.8) is 0 Å². The lowest BCUT2D eigenvalue weighted by Gasteiger charge is -2.13. The first-order valence-corrected chi connectivity index (χ1v) is 8.02. The summed E-state index contributed by atoms with van der Waals surface area (Å²) in [7, 11) is 0. The van der Waals surface area contributed by atoms with Gasteiger partial charge in [-0.25, -0.2) is 0 Å². The van der Waals surface area contributed by atoms with Gasteiger partial charge in [0, 0.05) is 6.54 Å². The lowest BCUT2D eigenvalue weighted by Crippen LogP contribution is -2.28. The van der Waals surface area contributed by atoms with Crippen LogP contribution in [-0.2, 0) is 11.2 Å². The van der Waals surface area contributed by atoms with Crippen molar-refractivity contribution in [2.24, 2.45) is 0 Å². The molecule has 0 bridgehead atoms.